The first-order valence-electron chi connectivity index (χ1n) is 5.31. The van der Waals surface area contributed by atoms with Gasteiger partial charge < -0.3 is 5.11 Å². The fourth-order valence-electron chi connectivity index (χ4n) is 1.02. The Kier molecular flexibility index (Phi) is 13.7. The highest BCUT2D eigenvalue weighted by Crippen LogP contribution is 2.09. The molecule has 0 aliphatic rings. The Hall–Kier alpha value is -0.790. The van der Waals surface area contributed by atoms with Crippen molar-refractivity contribution in [3.63, 3.8) is 0 Å². The zero-order valence-electron chi connectivity index (χ0n) is 9.75. The second-order valence-electron chi connectivity index (χ2n) is 3.84. The first-order valence-corrected chi connectivity index (χ1v) is 5.31. The summed E-state index contributed by atoms with van der Waals surface area (Å²) < 4.78 is 0. The topological polar surface area (TPSA) is 37.3 Å². The van der Waals surface area contributed by atoms with Gasteiger partial charge in [-0.1, -0.05) is 39.2 Å². The van der Waals surface area contributed by atoms with Crippen LogP contribution in [0.3, 0.4) is 0 Å². The summed E-state index contributed by atoms with van der Waals surface area (Å²) >= 11 is 0. The summed E-state index contributed by atoms with van der Waals surface area (Å²) in [5.41, 5.74) is 0. The third-order valence-electron chi connectivity index (χ3n) is 1.69. The van der Waals surface area contributed by atoms with E-state index in [2.05, 4.69) is 20.4 Å². The fraction of sp³-hybridized carbons (Fsp3) is 0.750. The average Bonchev–Trinajstić information content (AvgIpc) is 2.02. The second kappa shape index (κ2) is 12.2. The van der Waals surface area contributed by atoms with Crippen molar-refractivity contribution in [1.29, 1.82) is 0 Å². The van der Waals surface area contributed by atoms with E-state index in [1.807, 2.05) is 6.08 Å². The lowest BCUT2D eigenvalue weighted by Gasteiger charge is -2.02. The van der Waals surface area contributed by atoms with Gasteiger partial charge in [-0.25, -0.2) is 0 Å². The number of carboxylic acids is 1. The molecule has 0 aliphatic heterocycles. The third kappa shape index (κ3) is 30.3. The molecule has 0 rings (SSSR count). The summed E-state index contributed by atoms with van der Waals surface area (Å²) in [6.45, 7) is 9.35. The molecule has 0 unspecified atom stereocenters. The molecule has 0 heterocycles. The van der Waals surface area contributed by atoms with E-state index in [0.29, 0.717) is 0 Å². The Morgan fingerprint density at radius 3 is 2.21 bits per heavy atom. The highest BCUT2D eigenvalue weighted by molar-refractivity contribution is 5.62. The maximum atomic E-state index is 9.00. The zero-order valence-corrected chi connectivity index (χ0v) is 9.75. The Morgan fingerprint density at radius 1 is 1.36 bits per heavy atom. The van der Waals surface area contributed by atoms with Gasteiger partial charge in [0.25, 0.3) is 5.97 Å². The number of unbranched alkanes of at least 4 members (excludes halogenated alkanes) is 3. The smallest absolute Gasteiger partial charge is 0.300 e. The first-order chi connectivity index (χ1) is 6.50. The number of hydrogen-bond acceptors (Lipinski definition) is 1. The molecule has 0 aromatic heterocycles. The Labute approximate surface area is 88.0 Å². The first kappa shape index (κ1) is 15.7. The predicted octanol–water partition coefficient (Wildman–Crippen LogP) is 3.87. The molecule has 0 aliphatic carbocycles. The number of hydrogen-bond donors (Lipinski definition) is 1. The maximum Gasteiger partial charge on any atom is 0.300 e. The van der Waals surface area contributed by atoms with E-state index in [1.165, 1.54) is 32.1 Å². The van der Waals surface area contributed by atoms with Crippen LogP contribution in [0.25, 0.3) is 0 Å². The van der Waals surface area contributed by atoms with Crippen molar-refractivity contribution >= 4 is 5.97 Å². The molecule has 84 valence electrons. The van der Waals surface area contributed by atoms with Crippen LogP contribution in [0.4, 0.5) is 0 Å². The van der Waals surface area contributed by atoms with Crippen molar-refractivity contribution in [2.24, 2.45) is 5.92 Å². The molecule has 14 heavy (non-hydrogen) atoms. The van der Waals surface area contributed by atoms with Crippen LogP contribution in [0.15, 0.2) is 12.7 Å². The summed E-state index contributed by atoms with van der Waals surface area (Å²) in [6.07, 6.45) is 8.69. The number of allylic oxidation sites excluding steroid dienone is 1. The standard InChI is InChI=1S/C10H20.C2H4O2/c1-4-5-6-7-8-9-10(2)3;1-2(3)4/h4,10H,1,5-9H2,2-3H3;1H3,(H,3,4). The second-order valence-corrected chi connectivity index (χ2v) is 3.84. The summed E-state index contributed by atoms with van der Waals surface area (Å²) in [7, 11) is 0. The van der Waals surface area contributed by atoms with Gasteiger partial charge >= 0.3 is 0 Å². The van der Waals surface area contributed by atoms with Crippen LogP contribution in [-0.2, 0) is 4.79 Å². The van der Waals surface area contributed by atoms with E-state index in [0.717, 1.165) is 12.8 Å². The molecule has 0 aromatic carbocycles. The minimum absolute atomic E-state index is 0.833. The van der Waals surface area contributed by atoms with E-state index < -0.39 is 5.97 Å². The van der Waals surface area contributed by atoms with Gasteiger partial charge in [-0.15, -0.1) is 6.58 Å². The molecule has 0 saturated heterocycles. The molecule has 0 spiro atoms. The predicted molar refractivity (Wildman–Crippen MR) is 61.4 cm³/mol. The van der Waals surface area contributed by atoms with Crippen molar-refractivity contribution in [1.82, 2.24) is 0 Å². The molecule has 2 heteroatoms. The SMILES string of the molecule is C=CCCCCCC(C)C.CC(=O)O. The molecule has 0 atom stereocenters. The molecule has 2 nitrogen and oxygen atoms in total. The normalized spacial score (nSPS) is 9.14. The summed E-state index contributed by atoms with van der Waals surface area (Å²) in [5.74, 6) is 0.0451. The van der Waals surface area contributed by atoms with Crippen molar-refractivity contribution in [2.75, 3.05) is 0 Å². The van der Waals surface area contributed by atoms with E-state index >= 15 is 0 Å². The quantitative estimate of drug-likeness (QED) is 0.522. The monoisotopic (exact) mass is 200 g/mol. The number of rotatable bonds is 6. The third-order valence-corrected chi connectivity index (χ3v) is 1.69. The molecular formula is C12H24O2. The molecule has 0 saturated carbocycles. The molecule has 1 N–H and O–H groups in total. The number of aliphatic carboxylic acids is 1. The van der Waals surface area contributed by atoms with Gasteiger partial charge in [-0.05, 0) is 18.8 Å². The van der Waals surface area contributed by atoms with E-state index in [-0.39, 0.29) is 0 Å². The molecule has 0 radical (unpaired) electrons. The van der Waals surface area contributed by atoms with Gasteiger partial charge in [-0.2, -0.15) is 0 Å². The van der Waals surface area contributed by atoms with Gasteiger partial charge in [0, 0.05) is 6.92 Å². The van der Waals surface area contributed by atoms with Crippen LogP contribution >= 0.6 is 0 Å². The average molecular weight is 200 g/mol. The number of carbonyl (C=O) groups is 1. The van der Waals surface area contributed by atoms with Gasteiger partial charge in [-0.3, -0.25) is 4.79 Å². The largest absolute Gasteiger partial charge is 0.481 e. The van der Waals surface area contributed by atoms with Crippen LogP contribution in [-0.4, -0.2) is 11.1 Å². The summed E-state index contributed by atoms with van der Waals surface area (Å²) in [6, 6.07) is 0. The Balaban J connectivity index is 0. The minimum atomic E-state index is -0.833. The molecule has 0 amide bonds. The van der Waals surface area contributed by atoms with Gasteiger partial charge in [0.15, 0.2) is 0 Å². The fourth-order valence-corrected chi connectivity index (χ4v) is 1.02. The van der Waals surface area contributed by atoms with Crippen molar-refractivity contribution < 1.29 is 9.90 Å². The van der Waals surface area contributed by atoms with Gasteiger partial charge in [0.1, 0.15) is 0 Å². The zero-order chi connectivity index (χ0) is 11.4. The summed E-state index contributed by atoms with van der Waals surface area (Å²) in [5, 5.41) is 7.42. The van der Waals surface area contributed by atoms with E-state index in [1.54, 1.807) is 0 Å². The van der Waals surface area contributed by atoms with Gasteiger partial charge in [0.05, 0.1) is 0 Å². The van der Waals surface area contributed by atoms with Crippen LogP contribution in [0, 0.1) is 5.92 Å². The van der Waals surface area contributed by atoms with Crippen molar-refractivity contribution in [3.05, 3.63) is 12.7 Å². The lowest BCUT2D eigenvalue weighted by atomic mass is 10.0. The van der Waals surface area contributed by atoms with Crippen LogP contribution in [0.2, 0.25) is 0 Å². The summed E-state index contributed by atoms with van der Waals surface area (Å²) in [4.78, 5) is 9.00. The minimum Gasteiger partial charge on any atom is -0.481 e. The van der Waals surface area contributed by atoms with E-state index in [4.69, 9.17) is 9.90 Å². The molecular weight excluding hydrogens is 176 g/mol. The Morgan fingerprint density at radius 2 is 1.86 bits per heavy atom. The number of carboxylic acid groups (broad SMARTS) is 1. The Bertz CT molecular complexity index is 135. The lowest BCUT2D eigenvalue weighted by Crippen LogP contribution is -1.86. The van der Waals surface area contributed by atoms with Gasteiger partial charge in [0.2, 0.25) is 0 Å². The highest BCUT2D eigenvalue weighted by atomic mass is 16.4. The van der Waals surface area contributed by atoms with Crippen molar-refractivity contribution in [3.8, 4) is 0 Å². The van der Waals surface area contributed by atoms with Crippen molar-refractivity contribution in [2.45, 2.75) is 52.9 Å². The van der Waals surface area contributed by atoms with Crippen LogP contribution in [0.1, 0.15) is 52.9 Å². The van der Waals surface area contributed by atoms with Crippen LogP contribution in [0.5, 0.6) is 0 Å². The van der Waals surface area contributed by atoms with Crippen LogP contribution < -0.4 is 0 Å². The molecule has 0 bridgehead atoms. The molecule has 0 fully saturated rings. The maximum absolute atomic E-state index is 9.00. The lowest BCUT2D eigenvalue weighted by molar-refractivity contribution is -0.134. The highest BCUT2D eigenvalue weighted by Gasteiger charge is 1.92. The molecule has 0 aromatic rings. The van der Waals surface area contributed by atoms with E-state index in [9.17, 15) is 0 Å².